The molecule has 0 nitrogen and oxygen atoms in total. The van der Waals surface area contributed by atoms with Crippen molar-refractivity contribution >= 4 is 26.7 Å². The van der Waals surface area contributed by atoms with Crippen molar-refractivity contribution in [1.29, 1.82) is 0 Å². The van der Waals surface area contributed by atoms with E-state index in [2.05, 4.69) is 86.9 Å². The molecule has 0 aliphatic carbocycles. The third-order valence-corrected chi connectivity index (χ3v) is 5.42. The van der Waals surface area contributed by atoms with Gasteiger partial charge in [0.25, 0.3) is 0 Å². The number of hydrogen-bond acceptors (Lipinski definition) is 0. The molecule has 0 bridgehead atoms. The summed E-state index contributed by atoms with van der Waals surface area (Å²) in [4.78, 5) is 0.419. The minimum Gasteiger partial charge on any atom is -0.0838 e. The van der Waals surface area contributed by atoms with Gasteiger partial charge in [0, 0.05) is 4.83 Å². The second-order valence-corrected chi connectivity index (χ2v) is 8.09. The number of fused-ring (bicyclic) bond motifs is 1. The van der Waals surface area contributed by atoms with Crippen LogP contribution >= 0.6 is 15.9 Å². The number of benzene rings is 2. The number of halogens is 1. The van der Waals surface area contributed by atoms with Crippen molar-refractivity contribution in [2.45, 2.75) is 45.9 Å². The van der Waals surface area contributed by atoms with E-state index in [1.807, 2.05) is 0 Å². The van der Waals surface area contributed by atoms with Crippen LogP contribution in [0.4, 0.5) is 0 Å². The van der Waals surface area contributed by atoms with Crippen LogP contribution in [-0.4, -0.2) is 0 Å². The fourth-order valence-electron chi connectivity index (χ4n) is 2.54. The van der Waals surface area contributed by atoms with Crippen molar-refractivity contribution in [3.8, 4) is 0 Å². The van der Waals surface area contributed by atoms with E-state index in [1.54, 1.807) is 0 Å². The van der Waals surface area contributed by atoms with E-state index >= 15 is 0 Å². The van der Waals surface area contributed by atoms with Gasteiger partial charge in [0.15, 0.2) is 0 Å². The number of aryl methyl sites for hydroxylation is 1. The molecule has 0 radical (unpaired) electrons. The van der Waals surface area contributed by atoms with E-state index in [1.165, 1.54) is 21.9 Å². The first-order valence-electron chi connectivity index (χ1n) is 7.43. The van der Waals surface area contributed by atoms with Crippen LogP contribution in [0.5, 0.6) is 0 Å². The predicted octanol–water partition coefficient (Wildman–Crippen LogP) is 6.66. The van der Waals surface area contributed by atoms with Gasteiger partial charge < -0.3 is 0 Å². The lowest BCUT2D eigenvalue weighted by molar-refractivity contribution is 0.247. The van der Waals surface area contributed by atoms with Crippen molar-refractivity contribution in [2.24, 2.45) is 11.3 Å². The molecule has 2 aromatic carbocycles. The van der Waals surface area contributed by atoms with E-state index in [0.717, 1.165) is 6.42 Å². The molecule has 0 amide bonds. The maximum absolute atomic E-state index is 3.92. The summed E-state index contributed by atoms with van der Waals surface area (Å²) >= 11 is 3.92. The molecule has 0 aliphatic heterocycles. The molecular weight excluding hydrogens is 308 g/mol. The zero-order chi connectivity index (χ0) is 14.9. The Bertz CT molecular complexity index is 592. The van der Waals surface area contributed by atoms with Gasteiger partial charge in [-0.3, -0.25) is 0 Å². The van der Waals surface area contributed by atoms with Gasteiger partial charge in [0.1, 0.15) is 0 Å². The second-order valence-electron chi connectivity index (χ2n) is 6.99. The molecular formula is C19H25Br. The molecule has 0 aromatic heterocycles. The maximum atomic E-state index is 3.92. The quantitative estimate of drug-likeness (QED) is 0.551. The van der Waals surface area contributed by atoms with Crippen LogP contribution in [-0.2, 0) is 0 Å². The van der Waals surface area contributed by atoms with Crippen molar-refractivity contribution < 1.29 is 0 Å². The first-order valence-corrected chi connectivity index (χ1v) is 8.34. The maximum Gasteiger partial charge on any atom is 0.0404 e. The van der Waals surface area contributed by atoms with Gasteiger partial charge >= 0.3 is 0 Å². The smallest absolute Gasteiger partial charge is 0.0404 e. The molecule has 0 spiro atoms. The lowest BCUT2D eigenvalue weighted by Gasteiger charge is -2.29. The van der Waals surface area contributed by atoms with Crippen LogP contribution in [0.15, 0.2) is 36.4 Å². The minimum absolute atomic E-state index is 0.354. The van der Waals surface area contributed by atoms with Crippen molar-refractivity contribution in [3.05, 3.63) is 47.5 Å². The molecule has 1 heteroatoms. The second kappa shape index (κ2) is 5.89. The highest BCUT2D eigenvalue weighted by Crippen LogP contribution is 2.40. The van der Waals surface area contributed by atoms with Gasteiger partial charge in [-0.2, -0.15) is 0 Å². The van der Waals surface area contributed by atoms with Crippen LogP contribution in [0.1, 0.15) is 50.1 Å². The predicted molar refractivity (Wildman–Crippen MR) is 93.6 cm³/mol. The van der Waals surface area contributed by atoms with Gasteiger partial charge in [-0.05, 0) is 46.6 Å². The van der Waals surface area contributed by atoms with E-state index in [4.69, 9.17) is 0 Å². The van der Waals surface area contributed by atoms with Gasteiger partial charge in [-0.15, -0.1) is 0 Å². The third kappa shape index (κ3) is 3.25. The third-order valence-electron chi connectivity index (χ3n) is 4.55. The van der Waals surface area contributed by atoms with Gasteiger partial charge in [0.2, 0.25) is 0 Å². The van der Waals surface area contributed by atoms with E-state index in [-0.39, 0.29) is 0 Å². The molecule has 108 valence electrons. The van der Waals surface area contributed by atoms with Crippen LogP contribution in [0, 0.1) is 18.3 Å². The first-order chi connectivity index (χ1) is 9.30. The Labute approximate surface area is 131 Å². The summed E-state index contributed by atoms with van der Waals surface area (Å²) in [5.74, 6) is 0.673. The fraction of sp³-hybridized carbons (Fsp3) is 0.474. The summed E-state index contributed by atoms with van der Waals surface area (Å²) in [6, 6.07) is 13.3. The zero-order valence-electron chi connectivity index (χ0n) is 13.2. The Balaban J connectivity index is 2.36. The van der Waals surface area contributed by atoms with Crippen molar-refractivity contribution in [2.75, 3.05) is 0 Å². The molecule has 0 saturated carbocycles. The Morgan fingerprint density at radius 1 is 1.00 bits per heavy atom. The number of hydrogen-bond donors (Lipinski definition) is 0. The first kappa shape index (κ1) is 15.6. The van der Waals surface area contributed by atoms with E-state index < -0.39 is 0 Å². The highest BCUT2D eigenvalue weighted by atomic mass is 79.9. The lowest BCUT2D eigenvalue weighted by atomic mass is 9.78. The molecule has 0 N–H and O–H groups in total. The standard InChI is InChI=1S/C19H25Br/c1-13-10-11-17(16-9-7-6-8-15(13)16)18(20)12-14(2)19(3,4)5/h6-11,14,18H,12H2,1-5H3. The molecule has 0 fully saturated rings. The van der Waals surface area contributed by atoms with Crippen LogP contribution in [0.3, 0.4) is 0 Å². The molecule has 0 heterocycles. The molecule has 0 aliphatic rings. The summed E-state index contributed by atoms with van der Waals surface area (Å²) in [5.41, 5.74) is 3.13. The van der Waals surface area contributed by atoms with E-state index in [0.29, 0.717) is 16.2 Å². The fourth-order valence-corrected chi connectivity index (χ4v) is 3.50. The Kier molecular flexibility index (Phi) is 4.59. The van der Waals surface area contributed by atoms with Crippen LogP contribution in [0.25, 0.3) is 10.8 Å². The van der Waals surface area contributed by atoms with Crippen molar-refractivity contribution in [1.82, 2.24) is 0 Å². The summed E-state index contributed by atoms with van der Waals surface area (Å²) in [5, 5.41) is 2.76. The molecule has 2 unspecified atom stereocenters. The summed E-state index contributed by atoms with van der Waals surface area (Å²) in [6.07, 6.45) is 1.16. The summed E-state index contributed by atoms with van der Waals surface area (Å²) < 4.78 is 0. The highest BCUT2D eigenvalue weighted by Gasteiger charge is 2.24. The summed E-state index contributed by atoms with van der Waals surface area (Å²) in [6.45, 7) is 11.5. The van der Waals surface area contributed by atoms with E-state index in [9.17, 15) is 0 Å². The monoisotopic (exact) mass is 332 g/mol. The Morgan fingerprint density at radius 2 is 1.60 bits per heavy atom. The van der Waals surface area contributed by atoms with Gasteiger partial charge in [-0.25, -0.2) is 0 Å². The van der Waals surface area contributed by atoms with Crippen LogP contribution < -0.4 is 0 Å². The van der Waals surface area contributed by atoms with Gasteiger partial charge in [-0.1, -0.05) is 80.0 Å². The number of rotatable bonds is 3. The average Bonchev–Trinajstić information content (AvgIpc) is 2.38. The zero-order valence-corrected chi connectivity index (χ0v) is 14.8. The number of alkyl halides is 1. The Hall–Kier alpha value is -0.820. The topological polar surface area (TPSA) is 0 Å². The van der Waals surface area contributed by atoms with Crippen molar-refractivity contribution in [3.63, 3.8) is 0 Å². The molecule has 2 atom stereocenters. The van der Waals surface area contributed by atoms with Gasteiger partial charge in [0.05, 0.1) is 0 Å². The van der Waals surface area contributed by atoms with Crippen LogP contribution in [0.2, 0.25) is 0 Å². The molecule has 0 saturated heterocycles. The lowest BCUT2D eigenvalue weighted by Crippen LogP contribution is -2.18. The minimum atomic E-state index is 0.354. The highest BCUT2D eigenvalue weighted by molar-refractivity contribution is 9.09. The molecule has 20 heavy (non-hydrogen) atoms. The average molecular weight is 333 g/mol. The SMILES string of the molecule is Cc1ccc(C(Br)CC(C)C(C)(C)C)c2ccccc12. The summed E-state index contributed by atoms with van der Waals surface area (Å²) in [7, 11) is 0. The normalized spacial score (nSPS) is 15.3. The molecule has 2 rings (SSSR count). The largest absolute Gasteiger partial charge is 0.0838 e. The Morgan fingerprint density at radius 3 is 2.20 bits per heavy atom. The molecule has 2 aromatic rings.